The molecule has 4 heteroatoms. The van der Waals surface area contributed by atoms with Gasteiger partial charge < -0.3 is 9.73 Å². The molecule has 1 aliphatic heterocycles. The normalized spacial score (nSPS) is 17.9. The number of fused-ring (bicyclic) bond motifs is 1. The summed E-state index contributed by atoms with van der Waals surface area (Å²) in [6.07, 6.45) is 0. The van der Waals surface area contributed by atoms with Crippen LogP contribution in [0.15, 0.2) is 52.2 Å². The third-order valence-electron chi connectivity index (χ3n) is 3.20. The molecule has 0 bridgehead atoms. The van der Waals surface area contributed by atoms with Crippen LogP contribution >= 0.6 is 11.8 Å². The lowest BCUT2D eigenvalue weighted by atomic mass is 10.1. The number of hydrogen-bond acceptors (Lipinski definition) is 4. The van der Waals surface area contributed by atoms with Crippen molar-refractivity contribution in [3.05, 3.63) is 54.2 Å². The Labute approximate surface area is 122 Å². The van der Waals surface area contributed by atoms with Crippen molar-refractivity contribution in [3.8, 4) is 0 Å². The van der Waals surface area contributed by atoms with E-state index in [0.717, 1.165) is 39.6 Å². The first-order chi connectivity index (χ1) is 9.67. The van der Waals surface area contributed by atoms with E-state index in [-0.39, 0.29) is 0 Å². The van der Waals surface area contributed by atoms with Crippen LogP contribution in [0.4, 0.5) is 0 Å². The van der Waals surface area contributed by atoms with Crippen molar-refractivity contribution < 1.29 is 4.42 Å². The number of hydrogen-bond donors (Lipinski definition) is 1. The molecule has 0 spiro atoms. The van der Waals surface area contributed by atoms with Gasteiger partial charge in [-0.05, 0) is 24.5 Å². The van der Waals surface area contributed by atoms with Gasteiger partial charge in [-0.3, -0.25) is 4.99 Å². The number of furan rings is 1. The van der Waals surface area contributed by atoms with Gasteiger partial charge in [0.05, 0.1) is 6.54 Å². The molecule has 0 saturated heterocycles. The van der Waals surface area contributed by atoms with E-state index in [2.05, 4.69) is 42.5 Å². The van der Waals surface area contributed by atoms with E-state index in [0.29, 0.717) is 6.04 Å². The van der Waals surface area contributed by atoms with Gasteiger partial charge in [0.2, 0.25) is 0 Å². The first-order valence-electron chi connectivity index (χ1n) is 6.49. The SMILES string of the molecule is C=CSC(=C)c1cc2ccc(C3=NCC(C)N3)cc2o1. The van der Waals surface area contributed by atoms with E-state index in [4.69, 9.17) is 4.42 Å². The van der Waals surface area contributed by atoms with Crippen LogP contribution in [0.2, 0.25) is 0 Å². The van der Waals surface area contributed by atoms with Crippen molar-refractivity contribution in [2.75, 3.05) is 6.54 Å². The maximum Gasteiger partial charge on any atom is 0.141 e. The van der Waals surface area contributed by atoms with Crippen LogP contribution in [0.1, 0.15) is 18.2 Å². The largest absolute Gasteiger partial charge is 0.456 e. The van der Waals surface area contributed by atoms with Crippen molar-refractivity contribution in [2.45, 2.75) is 13.0 Å². The third-order valence-corrected chi connectivity index (χ3v) is 3.85. The molecule has 1 aromatic carbocycles. The van der Waals surface area contributed by atoms with Gasteiger partial charge in [-0.15, -0.1) is 0 Å². The highest BCUT2D eigenvalue weighted by Crippen LogP contribution is 2.31. The Hall–Kier alpha value is -1.94. The van der Waals surface area contributed by atoms with E-state index in [1.807, 2.05) is 12.1 Å². The second kappa shape index (κ2) is 5.21. The fraction of sp³-hybridized carbons (Fsp3) is 0.188. The Morgan fingerprint density at radius 3 is 3.05 bits per heavy atom. The van der Waals surface area contributed by atoms with Gasteiger partial charge in [0, 0.05) is 21.9 Å². The molecule has 0 fully saturated rings. The Balaban J connectivity index is 1.95. The van der Waals surface area contributed by atoms with E-state index >= 15 is 0 Å². The summed E-state index contributed by atoms with van der Waals surface area (Å²) in [4.78, 5) is 5.36. The van der Waals surface area contributed by atoms with Gasteiger partial charge in [-0.2, -0.15) is 0 Å². The fourth-order valence-corrected chi connectivity index (χ4v) is 2.62. The van der Waals surface area contributed by atoms with Gasteiger partial charge in [0.25, 0.3) is 0 Å². The third kappa shape index (κ3) is 2.39. The molecule has 1 N–H and O–H groups in total. The summed E-state index contributed by atoms with van der Waals surface area (Å²) in [6.45, 7) is 10.6. The number of benzene rings is 1. The molecule has 0 amide bonds. The summed E-state index contributed by atoms with van der Waals surface area (Å²) in [5.74, 6) is 1.73. The monoisotopic (exact) mass is 284 g/mol. The highest BCUT2D eigenvalue weighted by molar-refractivity contribution is 8.10. The lowest BCUT2D eigenvalue weighted by molar-refractivity contribution is 0.603. The van der Waals surface area contributed by atoms with Gasteiger partial charge in [-0.25, -0.2) is 0 Å². The van der Waals surface area contributed by atoms with Crippen LogP contribution in [0.5, 0.6) is 0 Å². The maximum atomic E-state index is 5.86. The quantitative estimate of drug-likeness (QED) is 0.921. The fourth-order valence-electron chi connectivity index (χ4n) is 2.20. The molecule has 1 unspecified atom stereocenters. The number of nitrogens with zero attached hydrogens (tertiary/aromatic N) is 1. The molecule has 1 atom stereocenters. The number of nitrogens with one attached hydrogen (secondary N) is 1. The van der Waals surface area contributed by atoms with Crippen LogP contribution in [-0.4, -0.2) is 18.4 Å². The lowest BCUT2D eigenvalue weighted by Crippen LogP contribution is -2.27. The zero-order valence-electron chi connectivity index (χ0n) is 11.3. The minimum atomic E-state index is 0.400. The predicted molar refractivity (Wildman–Crippen MR) is 87.0 cm³/mol. The molecule has 20 heavy (non-hydrogen) atoms. The zero-order valence-corrected chi connectivity index (χ0v) is 12.2. The van der Waals surface area contributed by atoms with E-state index in [1.54, 1.807) is 5.41 Å². The van der Waals surface area contributed by atoms with Gasteiger partial charge in [0.15, 0.2) is 0 Å². The molecule has 102 valence electrons. The zero-order chi connectivity index (χ0) is 14.1. The Bertz CT molecular complexity index is 714. The first-order valence-corrected chi connectivity index (χ1v) is 7.37. The number of aliphatic imine (C=N–C) groups is 1. The summed E-state index contributed by atoms with van der Waals surface area (Å²) in [5.41, 5.74) is 1.91. The number of rotatable bonds is 4. The van der Waals surface area contributed by atoms with Crippen LogP contribution < -0.4 is 5.32 Å². The molecule has 3 nitrogen and oxygen atoms in total. The molecule has 1 aliphatic rings. The smallest absolute Gasteiger partial charge is 0.141 e. The summed E-state index contributed by atoms with van der Waals surface area (Å²) >= 11 is 1.47. The van der Waals surface area contributed by atoms with Crippen LogP contribution in [0.25, 0.3) is 15.9 Å². The van der Waals surface area contributed by atoms with E-state index < -0.39 is 0 Å². The topological polar surface area (TPSA) is 37.5 Å². The number of amidine groups is 1. The minimum absolute atomic E-state index is 0.400. The molecule has 1 aromatic heterocycles. The van der Waals surface area contributed by atoms with Crippen molar-refractivity contribution in [1.29, 1.82) is 0 Å². The summed E-state index contributed by atoms with van der Waals surface area (Å²) in [6, 6.07) is 8.54. The highest BCUT2D eigenvalue weighted by Gasteiger charge is 2.15. The van der Waals surface area contributed by atoms with Crippen LogP contribution in [-0.2, 0) is 0 Å². The lowest BCUT2D eigenvalue weighted by Gasteiger charge is -2.05. The van der Waals surface area contributed by atoms with Crippen molar-refractivity contribution in [2.24, 2.45) is 4.99 Å². The first kappa shape index (κ1) is 13.1. The summed E-state index contributed by atoms with van der Waals surface area (Å²) in [7, 11) is 0. The van der Waals surface area contributed by atoms with Crippen molar-refractivity contribution in [1.82, 2.24) is 5.32 Å². The van der Waals surface area contributed by atoms with Crippen LogP contribution in [0, 0.1) is 0 Å². The van der Waals surface area contributed by atoms with Crippen molar-refractivity contribution in [3.63, 3.8) is 0 Å². The number of thioether (sulfide) groups is 1. The Morgan fingerprint density at radius 1 is 1.50 bits per heavy atom. The second-order valence-corrected chi connectivity index (χ2v) is 5.87. The highest BCUT2D eigenvalue weighted by atomic mass is 32.2. The average Bonchev–Trinajstić information content (AvgIpc) is 3.04. The molecule has 3 rings (SSSR count). The molecule has 0 saturated carbocycles. The molecule has 0 radical (unpaired) electrons. The maximum absolute atomic E-state index is 5.86. The van der Waals surface area contributed by atoms with E-state index in [9.17, 15) is 0 Å². The standard InChI is InChI=1S/C16H16N2OS/c1-4-20-11(3)14-7-12-5-6-13(8-15(12)19-14)16-17-9-10(2)18-16/h4-8,10H,1,3,9H2,2H3,(H,17,18). The molecular formula is C16H16N2OS. The van der Waals surface area contributed by atoms with Gasteiger partial charge >= 0.3 is 0 Å². The average molecular weight is 284 g/mol. The molecular weight excluding hydrogens is 268 g/mol. The predicted octanol–water partition coefficient (Wildman–Crippen LogP) is 4.02. The molecule has 0 aliphatic carbocycles. The van der Waals surface area contributed by atoms with Gasteiger partial charge in [-0.1, -0.05) is 37.1 Å². The minimum Gasteiger partial charge on any atom is -0.456 e. The Kier molecular flexibility index (Phi) is 3.40. The van der Waals surface area contributed by atoms with E-state index in [1.165, 1.54) is 11.8 Å². The second-order valence-electron chi connectivity index (χ2n) is 4.81. The Morgan fingerprint density at radius 2 is 2.35 bits per heavy atom. The summed E-state index contributed by atoms with van der Waals surface area (Å²) < 4.78 is 5.86. The van der Waals surface area contributed by atoms with Gasteiger partial charge in [0.1, 0.15) is 17.2 Å². The molecule has 2 heterocycles. The molecule has 2 aromatic rings. The van der Waals surface area contributed by atoms with Crippen molar-refractivity contribution >= 4 is 33.5 Å². The van der Waals surface area contributed by atoms with Crippen LogP contribution in [0.3, 0.4) is 0 Å². The summed E-state index contributed by atoms with van der Waals surface area (Å²) in [5, 5.41) is 6.18.